The quantitative estimate of drug-likeness (QED) is 0.927. The Kier molecular flexibility index (Phi) is 4.89. The summed E-state index contributed by atoms with van der Waals surface area (Å²) in [5.74, 6) is -0.188. The highest BCUT2D eigenvalue weighted by molar-refractivity contribution is 5.87. The number of hydrogen-bond acceptors (Lipinski definition) is 4. The van der Waals surface area contributed by atoms with Crippen LogP contribution in [0.5, 0.6) is 0 Å². The van der Waals surface area contributed by atoms with Crippen LogP contribution in [0.1, 0.15) is 38.3 Å². The number of carbonyl (C=O) groups is 2. The summed E-state index contributed by atoms with van der Waals surface area (Å²) in [5, 5.41) is 11.6. The maximum Gasteiger partial charge on any atom is 0.410 e. The van der Waals surface area contributed by atoms with E-state index in [0.29, 0.717) is 25.1 Å². The van der Waals surface area contributed by atoms with Crippen LogP contribution >= 0.6 is 0 Å². The molecule has 0 unspecified atom stereocenters. The Balaban J connectivity index is 1.86. The summed E-state index contributed by atoms with van der Waals surface area (Å²) in [7, 11) is 0. The molecule has 23 heavy (non-hydrogen) atoms. The molecule has 1 fully saturated rings. The van der Waals surface area contributed by atoms with E-state index in [1.165, 1.54) is 4.90 Å². The largest absolute Gasteiger partial charge is 0.444 e. The summed E-state index contributed by atoms with van der Waals surface area (Å²) >= 11 is 0. The van der Waals surface area contributed by atoms with Gasteiger partial charge in [-0.1, -0.05) is 12.1 Å². The third-order valence-electron chi connectivity index (χ3n) is 3.50. The molecule has 1 N–H and O–H groups in total. The van der Waals surface area contributed by atoms with Crippen molar-refractivity contribution in [3.63, 3.8) is 0 Å². The molecule has 1 aliphatic rings. The first kappa shape index (κ1) is 16.8. The zero-order valence-electron chi connectivity index (χ0n) is 13.6. The van der Waals surface area contributed by atoms with E-state index >= 15 is 0 Å². The number of rotatable bonds is 3. The second-order valence-electron chi connectivity index (χ2n) is 6.50. The summed E-state index contributed by atoms with van der Waals surface area (Å²) in [4.78, 5) is 25.6. The fourth-order valence-corrected chi connectivity index (χ4v) is 2.20. The summed E-state index contributed by atoms with van der Waals surface area (Å²) in [6, 6.07) is 8.58. The Morgan fingerprint density at radius 3 is 2.48 bits per heavy atom. The van der Waals surface area contributed by atoms with Gasteiger partial charge in [0.1, 0.15) is 11.6 Å². The van der Waals surface area contributed by atoms with E-state index < -0.39 is 17.7 Å². The van der Waals surface area contributed by atoms with Crippen molar-refractivity contribution >= 4 is 12.0 Å². The first-order valence-corrected chi connectivity index (χ1v) is 7.56. The van der Waals surface area contributed by atoms with Gasteiger partial charge in [-0.2, -0.15) is 5.26 Å². The van der Waals surface area contributed by atoms with Gasteiger partial charge in [0.2, 0.25) is 5.91 Å². The minimum atomic E-state index is -0.573. The predicted octanol–water partition coefficient (Wildman–Crippen LogP) is 2.18. The molecule has 1 aromatic carbocycles. The Bertz CT molecular complexity index is 626. The third kappa shape index (κ3) is 4.46. The number of hydrogen-bond donors (Lipinski definition) is 1. The summed E-state index contributed by atoms with van der Waals surface area (Å²) in [6.45, 7) is 6.28. The van der Waals surface area contributed by atoms with E-state index in [1.807, 2.05) is 6.07 Å². The average molecular weight is 315 g/mol. The number of nitriles is 1. The van der Waals surface area contributed by atoms with Crippen molar-refractivity contribution in [1.29, 1.82) is 5.26 Å². The molecule has 1 atom stereocenters. The van der Waals surface area contributed by atoms with Gasteiger partial charge in [0.25, 0.3) is 0 Å². The first-order valence-electron chi connectivity index (χ1n) is 7.56. The molecule has 0 bridgehead atoms. The van der Waals surface area contributed by atoms with Crippen molar-refractivity contribution in [1.82, 2.24) is 10.2 Å². The highest BCUT2D eigenvalue weighted by atomic mass is 16.6. The summed E-state index contributed by atoms with van der Waals surface area (Å²) in [5.41, 5.74) is 0.909. The second kappa shape index (κ2) is 6.69. The van der Waals surface area contributed by atoms with Gasteiger partial charge in [0.05, 0.1) is 11.6 Å². The summed E-state index contributed by atoms with van der Waals surface area (Å²) in [6.07, 6.45) is 0.181. The molecule has 2 rings (SSSR count). The SMILES string of the molecule is CC(C)(C)OC(=O)N1CC[C@@H]1C(=O)NCc1ccc(C#N)cc1. The number of ether oxygens (including phenoxy) is 1. The molecule has 1 aliphatic heterocycles. The molecule has 0 spiro atoms. The standard InChI is InChI=1S/C17H21N3O3/c1-17(2,3)23-16(22)20-9-8-14(20)15(21)19-11-13-6-4-12(10-18)5-7-13/h4-7,14H,8-9,11H2,1-3H3,(H,19,21)/t14-/m1/s1. The lowest BCUT2D eigenvalue weighted by Crippen LogP contribution is -2.59. The van der Waals surface area contributed by atoms with Crippen LogP contribution in [-0.4, -0.2) is 35.1 Å². The van der Waals surface area contributed by atoms with E-state index in [4.69, 9.17) is 10.00 Å². The van der Waals surface area contributed by atoms with E-state index in [1.54, 1.807) is 45.0 Å². The van der Waals surface area contributed by atoms with E-state index in [2.05, 4.69) is 5.32 Å². The van der Waals surface area contributed by atoms with Gasteiger partial charge in [0.15, 0.2) is 0 Å². The maximum absolute atomic E-state index is 12.2. The lowest BCUT2D eigenvalue weighted by molar-refractivity contribution is -0.130. The van der Waals surface area contributed by atoms with Crippen molar-refractivity contribution in [3.8, 4) is 6.07 Å². The van der Waals surface area contributed by atoms with Gasteiger partial charge in [-0.05, 0) is 44.9 Å². The van der Waals surface area contributed by atoms with Crippen molar-refractivity contribution in [2.45, 2.75) is 45.4 Å². The fourth-order valence-electron chi connectivity index (χ4n) is 2.20. The van der Waals surface area contributed by atoms with Crippen molar-refractivity contribution in [2.24, 2.45) is 0 Å². The molecule has 2 amide bonds. The van der Waals surface area contributed by atoms with Crippen molar-refractivity contribution in [3.05, 3.63) is 35.4 Å². The van der Waals surface area contributed by atoms with Crippen LogP contribution in [0, 0.1) is 11.3 Å². The van der Waals surface area contributed by atoms with Gasteiger partial charge in [-0.15, -0.1) is 0 Å². The Morgan fingerprint density at radius 1 is 1.35 bits per heavy atom. The Hall–Kier alpha value is -2.55. The molecule has 1 saturated heterocycles. The van der Waals surface area contributed by atoms with Crippen LogP contribution < -0.4 is 5.32 Å². The van der Waals surface area contributed by atoms with Crippen LogP contribution in [0.15, 0.2) is 24.3 Å². The lowest BCUT2D eigenvalue weighted by atomic mass is 10.0. The highest BCUT2D eigenvalue weighted by Crippen LogP contribution is 2.21. The lowest BCUT2D eigenvalue weighted by Gasteiger charge is -2.40. The smallest absolute Gasteiger partial charge is 0.410 e. The van der Waals surface area contributed by atoms with Crippen LogP contribution in [0.2, 0.25) is 0 Å². The molecular formula is C17H21N3O3. The number of likely N-dealkylation sites (tertiary alicyclic amines) is 1. The molecule has 6 nitrogen and oxygen atoms in total. The van der Waals surface area contributed by atoms with Gasteiger partial charge < -0.3 is 10.1 Å². The Labute approximate surface area is 136 Å². The number of nitrogens with one attached hydrogen (secondary N) is 1. The average Bonchev–Trinajstić information content (AvgIpc) is 2.42. The minimum absolute atomic E-state index is 0.188. The van der Waals surface area contributed by atoms with Gasteiger partial charge in [-0.3, -0.25) is 9.69 Å². The van der Waals surface area contributed by atoms with E-state index in [9.17, 15) is 9.59 Å². The topological polar surface area (TPSA) is 82.4 Å². The third-order valence-corrected chi connectivity index (χ3v) is 3.50. The van der Waals surface area contributed by atoms with Gasteiger partial charge >= 0.3 is 6.09 Å². The highest BCUT2D eigenvalue weighted by Gasteiger charge is 2.39. The number of nitrogens with zero attached hydrogens (tertiary/aromatic N) is 2. The zero-order valence-corrected chi connectivity index (χ0v) is 13.6. The molecule has 0 aliphatic carbocycles. The van der Waals surface area contributed by atoms with Crippen LogP contribution in [0.25, 0.3) is 0 Å². The van der Waals surface area contributed by atoms with E-state index in [0.717, 1.165) is 5.56 Å². The molecule has 6 heteroatoms. The number of benzene rings is 1. The monoisotopic (exact) mass is 315 g/mol. The molecule has 0 radical (unpaired) electrons. The maximum atomic E-state index is 12.2. The zero-order chi connectivity index (χ0) is 17.0. The van der Waals surface area contributed by atoms with Gasteiger partial charge in [-0.25, -0.2) is 4.79 Å². The number of carbonyl (C=O) groups excluding carboxylic acids is 2. The van der Waals surface area contributed by atoms with Crippen LogP contribution in [-0.2, 0) is 16.1 Å². The molecule has 1 aromatic rings. The van der Waals surface area contributed by atoms with Crippen LogP contribution in [0.4, 0.5) is 4.79 Å². The molecule has 0 aromatic heterocycles. The summed E-state index contributed by atoms with van der Waals surface area (Å²) < 4.78 is 5.29. The first-order chi connectivity index (χ1) is 10.8. The predicted molar refractivity (Wildman–Crippen MR) is 84.3 cm³/mol. The van der Waals surface area contributed by atoms with Gasteiger partial charge in [0, 0.05) is 13.1 Å². The molecular weight excluding hydrogens is 294 g/mol. The van der Waals surface area contributed by atoms with Crippen molar-refractivity contribution in [2.75, 3.05) is 6.54 Å². The molecule has 122 valence electrons. The van der Waals surface area contributed by atoms with Crippen LogP contribution in [0.3, 0.4) is 0 Å². The second-order valence-corrected chi connectivity index (χ2v) is 6.50. The fraction of sp³-hybridized carbons (Fsp3) is 0.471. The normalized spacial score (nSPS) is 17.0. The minimum Gasteiger partial charge on any atom is -0.444 e. The molecule has 1 heterocycles. The molecule has 0 saturated carbocycles. The Morgan fingerprint density at radius 2 is 2.00 bits per heavy atom. The van der Waals surface area contributed by atoms with E-state index in [-0.39, 0.29) is 5.91 Å². The number of amides is 2. The van der Waals surface area contributed by atoms with Crippen molar-refractivity contribution < 1.29 is 14.3 Å².